The number of aromatic carboxylic acids is 1. The predicted molar refractivity (Wildman–Crippen MR) is 82.8 cm³/mol. The highest BCUT2D eigenvalue weighted by Gasteiger charge is 2.20. The van der Waals surface area contributed by atoms with Crippen molar-refractivity contribution in [2.45, 2.75) is 31.4 Å². The molecule has 0 saturated carbocycles. The smallest absolute Gasteiger partial charge is 0.345 e. The first-order valence-electron chi connectivity index (χ1n) is 6.33. The maximum absolute atomic E-state index is 12.5. The molecule has 0 spiro atoms. The fourth-order valence-electron chi connectivity index (χ4n) is 1.96. The van der Waals surface area contributed by atoms with E-state index in [2.05, 4.69) is 0 Å². The van der Waals surface area contributed by atoms with Crippen LogP contribution in [0.5, 0.6) is 0 Å². The summed E-state index contributed by atoms with van der Waals surface area (Å²) in [5.74, 6) is -1.21. The maximum atomic E-state index is 12.5. The minimum atomic E-state index is -3.47. The van der Waals surface area contributed by atoms with Crippen LogP contribution in [0.25, 0.3) is 0 Å². The van der Waals surface area contributed by atoms with Gasteiger partial charge in [-0.25, -0.2) is 13.2 Å². The van der Waals surface area contributed by atoms with Gasteiger partial charge in [0, 0.05) is 4.88 Å². The van der Waals surface area contributed by atoms with E-state index in [0.29, 0.717) is 5.56 Å². The highest BCUT2D eigenvalue weighted by Crippen LogP contribution is 2.26. The van der Waals surface area contributed by atoms with Gasteiger partial charge in [-0.15, -0.1) is 11.3 Å². The molecular weight excluding hydrogens is 308 g/mol. The Hall–Kier alpha value is -1.66. The van der Waals surface area contributed by atoms with Gasteiger partial charge in [0.25, 0.3) is 0 Å². The molecule has 6 heteroatoms. The molecule has 1 N–H and O–H groups in total. The molecule has 0 radical (unpaired) electrons. The van der Waals surface area contributed by atoms with E-state index >= 15 is 0 Å². The Labute approximate surface area is 128 Å². The first-order chi connectivity index (χ1) is 9.70. The van der Waals surface area contributed by atoms with E-state index in [9.17, 15) is 13.2 Å². The Kier molecular flexibility index (Phi) is 4.20. The zero-order valence-corrected chi connectivity index (χ0v) is 13.6. The van der Waals surface area contributed by atoms with Crippen LogP contribution in [0.1, 0.15) is 31.2 Å². The Balaban J connectivity index is 2.37. The molecule has 21 heavy (non-hydrogen) atoms. The molecule has 0 saturated heterocycles. The SMILES string of the molecule is Cc1ccc(S(=O)(=O)Cc2cc(C(=O)O)sc2C)cc1C. The first kappa shape index (κ1) is 15.7. The number of thiophene rings is 1. The Morgan fingerprint density at radius 3 is 2.33 bits per heavy atom. The highest BCUT2D eigenvalue weighted by atomic mass is 32.2. The van der Waals surface area contributed by atoms with E-state index in [4.69, 9.17) is 5.11 Å². The number of hydrogen-bond donors (Lipinski definition) is 1. The van der Waals surface area contributed by atoms with Gasteiger partial charge in [0.1, 0.15) is 4.88 Å². The molecule has 1 aromatic heterocycles. The minimum Gasteiger partial charge on any atom is -0.477 e. The van der Waals surface area contributed by atoms with Crippen LogP contribution in [0.2, 0.25) is 0 Å². The number of carboxylic acids is 1. The third-order valence-corrected chi connectivity index (χ3v) is 6.16. The average Bonchev–Trinajstić information content (AvgIpc) is 2.74. The van der Waals surface area contributed by atoms with Crippen molar-refractivity contribution in [1.82, 2.24) is 0 Å². The third-order valence-electron chi connectivity index (χ3n) is 3.41. The second-order valence-electron chi connectivity index (χ2n) is 5.00. The zero-order chi connectivity index (χ0) is 15.8. The fraction of sp³-hybridized carbons (Fsp3) is 0.267. The van der Waals surface area contributed by atoms with E-state index in [1.165, 1.54) is 6.07 Å². The molecule has 0 amide bonds. The Morgan fingerprint density at radius 1 is 1.14 bits per heavy atom. The van der Waals surface area contributed by atoms with Gasteiger partial charge in [0.2, 0.25) is 0 Å². The van der Waals surface area contributed by atoms with E-state index in [-0.39, 0.29) is 15.5 Å². The Morgan fingerprint density at radius 2 is 1.81 bits per heavy atom. The highest BCUT2D eigenvalue weighted by molar-refractivity contribution is 7.90. The van der Waals surface area contributed by atoms with Crippen molar-refractivity contribution >= 4 is 27.1 Å². The number of carboxylic acid groups (broad SMARTS) is 1. The number of aryl methyl sites for hydroxylation is 3. The molecule has 2 rings (SSSR count). The number of carbonyl (C=O) groups is 1. The maximum Gasteiger partial charge on any atom is 0.345 e. The number of benzene rings is 1. The van der Waals surface area contributed by atoms with Gasteiger partial charge >= 0.3 is 5.97 Å². The lowest BCUT2D eigenvalue weighted by Crippen LogP contribution is -2.06. The van der Waals surface area contributed by atoms with Gasteiger partial charge in [0.15, 0.2) is 9.84 Å². The summed E-state index contributed by atoms with van der Waals surface area (Å²) in [4.78, 5) is 12.1. The lowest BCUT2D eigenvalue weighted by molar-refractivity contribution is 0.0702. The number of rotatable bonds is 4. The third kappa shape index (κ3) is 3.33. The van der Waals surface area contributed by atoms with Gasteiger partial charge in [-0.05, 0) is 55.7 Å². The van der Waals surface area contributed by atoms with Gasteiger partial charge in [-0.3, -0.25) is 0 Å². The van der Waals surface area contributed by atoms with Crippen LogP contribution in [0, 0.1) is 20.8 Å². The van der Waals surface area contributed by atoms with Gasteiger partial charge in [0.05, 0.1) is 10.6 Å². The standard InChI is InChI=1S/C15H16O4S2/c1-9-4-5-13(6-10(9)2)21(18,19)8-12-7-14(15(16)17)20-11(12)3/h4-7H,8H2,1-3H3,(H,16,17). The second-order valence-corrected chi connectivity index (χ2v) is 8.25. The molecule has 0 atom stereocenters. The quantitative estimate of drug-likeness (QED) is 0.936. The first-order valence-corrected chi connectivity index (χ1v) is 8.80. The molecule has 0 bridgehead atoms. The minimum absolute atomic E-state index is 0.165. The van der Waals surface area contributed by atoms with Crippen molar-refractivity contribution in [3.8, 4) is 0 Å². The molecule has 0 aliphatic carbocycles. The molecule has 4 nitrogen and oxygen atoms in total. The molecule has 0 aliphatic rings. The summed E-state index contributed by atoms with van der Waals surface area (Å²) in [5, 5.41) is 8.97. The van der Waals surface area contributed by atoms with E-state index in [1.54, 1.807) is 25.1 Å². The summed E-state index contributed by atoms with van der Waals surface area (Å²) in [6, 6.07) is 6.48. The average molecular weight is 324 g/mol. The van der Waals surface area contributed by atoms with Crippen LogP contribution in [0.4, 0.5) is 0 Å². The monoisotopic (exact) mass is 324 g/mol. The van der Waals surface area contributed by atoms with Crippen LogP contribution >= 0.6 is 11.3 Å². The summed E-state index contributed by atoms with van der Waals surface area (Å²) in [6.45, 7) is 5.53. The lowest BCUT2D eigenvalue weighted by Gasteiger charge is -2.07. The second kappa shape index (κ2) is 5.61. The number of hydrogen-bond acceptors (Lipinski definition) is 4. The van der Waals surface area contributed by atoms with Crippen LogP contribution in [0.15, 0.2) is 29.2 Å². The van der Waals surface area contributed by atoms with Crippen LogP contribution in [0.3, 0.4) is 0 Å². The topological polar surface area (TPSA) is 71.4 Å². The van der Waals surface area contributed by atoms with Crippen LogP contribution in [-0.4, -0.2) is 19.5 Å². The van der Waals surface area contributed by atoms with E-state index in [1.807, 2.05) is 13.8 Å². The summed E-state index contributed by atoms with van der Waals surface area (Å²) >= 11 is 1.10. The summed E-state index contributed by atoms with van der Waals surface area (Å²) < 4.78 is 24.9. The summed E-state index contributed by atoms with van der Waals surface area (Å²) in [6.07, 6.45) is 0. The molecule has 2 aromatic rings. The van der Waals surface area contributed by atoms with Crippen molar-refractivity contribution in [3.05, 3.63) is 50.7 Å². The van der Waals surface area contributed by atoms with Crippen molar-refractivity contribution < 1.29 is 18.3 Å². The van der Waals surface area contributed by atoms with Gasteiger partial charge in [-0.1, -0.05) is 6.07 Å². The van der Waals surface area contributed by atoms with Crippen molar-refractivity contribution in [3.63, 3.8) is 0 Å². The largest absolute Gasteiger partial charge is 0.477 e. The number of sulfone groups is 1. The van der Waals surface area contributed by atoms with E-state index in [0.717, 1.165) is 27.3 Å². The molecule has 0 unspecified atom stereocenters. The van der Waals surface area contributed by atoms with Crippen LogP contribution in [-0.2, 0) is 15.6 Å². The molecule has 0 aliphatic heterocycles. The van der Waals surface area contributed by atoms with Crippen molar-refractivity contribution in [2.75, 3.05) is 0 Å². The van der Waals surface area contributed by atoms with Gasteiger partial charge < -0.3 is 5.11 Å². The normalized spacial score (nSPS) is 11.6. The Bertz CT molecular complexity index is 801. The fourth-order valence-corrected chi connectivity index (χ4v) is 4.44. The predicted octanol–water partition coefficient (Wildman–Crippen LogP) is 3.35. The van der Waals surface area contributed by atoms with E-state index < -0.39 is 15.8 Å². The van der Waals surface area contributed by atoms with Crippen molar-refractivity contribution in [1.29, 1.82) is 0 Å². The summed E-state index contributed by atoms with van der Waals surface area (Å²) in [5.41, 5.74) is 2.51. The molecule has 1 aromatic carbocycles. The molecule has 1 heterocycles. The van der Waals surface area contributed by atoms with Crippen molar-refractivity contribution in [2.24, 2.45) is 0 Å². The van der Waals surface area contributed by atoms with Crippen LogP contribution < -0.4 is 0 Å². The zero-order valence-electron chi connectivity index (χ0n) is 12.0. The summed E-state index contributed by atoms with van der Waals surface area (Å²) in [7, 11) is -3.47. The van der Waals surface area contributed by atoms with Gasteiger partial charge in [-0.2, -0.15) is 0 Å². The molecular formula is C15H16O4S2. The molecule has 112 valence electrons. The lowest BCUT2D eigenvalue weighted by atomic mass is 10.1. The molecule has 0 fully saturated rings.